The molecule has 1 saturated heterocycles. The summed E-state index contributed by atoms with van der Waals surface area (Å²) in [6.45, 7) is 4.53. The van der Waals surface area contributed by atoms with Crippen LogP contribution < -0.4 is 5.32 Å². The zero-order chi connectivity index (χ0) is 12.4. The fraction of sp³-hybridized carbons (Fsp3) is 0.462. The van der Waals surface area contributed by atoms with Crippen molar-refractivity contribution in [3.05, 3.63) is 29.9 Å². The minimum Gasteiger partial charge on any atom is -0.460 e. The van der Waals surface area contributed by atoms with Gasteiger partial charge in [-0.3, -0.25) is 0 Å². The molecule has 18 heavy (non-hydrogen) atoms. The minimum absolute atomic E-state index is 0.205. The van der Waals surface area contributed by atoms with Crippen molar-refractivity contribution in [3.8, 4) is 11.5 Å². The number of hydrogen-bond donors (Lipinski definition) is 2. The van der Waals surface area contributed by atoms with E-state index in [1.165, 1.54) is 0 Å². The number of morpholine rings is 1. The number of H-pyrrole nitrogens is 1. The molecule has 1 aliphatic heterocycles. The molecule has 5 nitrogen and oxygen atoms in total. The lowest BCUT2D eigenvalue weighted by atomic mass is 10.2. The van der Waals surface area contributed by atoms with Crippen LogP contribution in [0.25, 0.3) is 11.5 Å². The Balaban J connectivity index is 1.69. The van der Waals surface area contributed by atoms with Crippen molar-refractivity contribution in [2.75, 3.05) is 19.7 Å². The average molecular weight is 247 g/mol. The number of hydrogen-bond acceptors (Lipinski definition) is 4. The number of aryl methyl sites for hydroxylation is 1. The molecule has 5 heteroatoms. The number of imidazole rings is 1. The monoisotopic (exact) mass is 247 g/mol. The first-order valence-corrected chi connectivity index (χ1v) is 6.24. The van der Waals surface area contributed by atoms with Gasteiger partial charge in [0.1, 0.15) is 17.3 Å². The molecule has 96 valence electrons. The summed E-state index contributed by atoms with van der Waals surface area (Å²) in [6, 6.07) is 3.90. The summed E-state index contributed by atoms with van der Waals surface area (Å²) in [5.41, 5.74) is 0.918. The van der Waals surface area contributed by atoms with E-state index in [-0.39, 0.29) is 6.10 Å². The Labute approximate surface area is 106 Å². The van der Waals surface area contributed by atoms with Crippen LogP contribution in [0.1, 0.15) is 11.6 Å². The number of nitrogens with one attached hydrogen (secondary N) is 2. The van der Waals surface area contributed by atoms with Gasteiger partial charge in [-0.05, 0) is 19.1 Å². The normalized spacial score (nSPS) is 20.2. The smallest absolute Gasteiger partial charge is 0.152 e. The van der Waals surface area contributed by atoms with E-state index >= 15 is 0 Å². The second-order valence-corrected chi connectivity index (χ2v) is 4.55. The van der Waals surface area contributed by atoms with Gasteiger partial charge < -0.3 is 19.5 Å². The van der Waals surface area contributed by atoms with E-state index < -0.39 is 0 Å². The van der Waals surface area contributed by atoms with Crippen LogP contribution >= 0.6 is 0 Å². The minimum atomic E-state index is 0.205. The Morgan fingerprint density at radius 2 is 2.39 bits per heavy atom. The zero-order valence-corrected chi connectivity index (χ0v) is 10.4. The average Bonchev–Trinajstić information content (AvgIpc) is 2.99. The Morgan fingerprint density at radius 3 is 3.11 bits per heavy atom. The van der Waals surface area contributed by atoms with Crippen LogP contribution in [-0.4, -0.2) is 35.8 Å². The molecular formula is C13H17N3O2. The summed E-state index contributed by atoms with van der Waals surface area (Å²) in [4.78, 5) is 7.65. The van der Waals surface area contributed by atoms with Gasteiger partial charge in [0, 0.05) is 19.5 Å². The molecule has 0 saturated carbocycles. The lowest BCUT2D eigenvalue weighted by molar-refractivity contribution is 0.0281. The highest BCUT2D eigenvalue weighted by atomic mass is 16.5. The predicted octanol–water partition coefficient (Wildman–Crippen LogP) is 1.51. The number of furan rings is 1. The second kappa shape index (κ2) is 4.96. The van der Waals surface area contributed by atoms with E-state index in [2.05, 4.69) is 15.3 Å². The Morgan fingerprint density at radius 1 is 1.44 bits per heavy atom. The molecule has 3 rings (SSSR count). The third kappa shape index (κ3) is 2.47. The summed E-state index contributed by atoms with van der Waals surface area (Å²) in [7, 11) is 0. The standard InChI is InChI=1S/C13H17N3O2/c1-9-2-3-12(18-9)11-8-15-13(16-11)6-10-7-14-4-5-17-10/h2-3,8,10,14H,4-7H2,1H3,(H,15,16). The van der Waals surface area contributed by atoms with Crippen LogP contribution in [0.2, 0.25) is 0 Å². The van der Waals surface area contributed by atoms with Gasteiger partial charge in [-0.25, -0.2) is 4.98 Å². The molecule has 0 radical (unpaired) electrons. The maximum absolute atomic E-state index is 5.66. The van der Waals surface area contributed by atoms with Crippen molar-refractivity contribution in [1.29, 1.82) is 0 Å². The molecule has 0 bridgehead atoms. The first-order valence-electron chi connectivity index (χ1n) is 6.24. The molecule has 0 amide bonds. The molecule has 0 aliphatic carbocycles. The number of rotatable bonds is 3. The van der Waals surface area contributed by atoms with Crippen LogP contribution in [0, 0.1) is 6.92 Å². The van der Waals surface area contributed by atoms with Crippen molar-refractivity contribution < 1.29 is 9.15 Å². The van der Waals surface area contributed by atoms with Gasteiger partial charge in [0.05, 0.1) is 18.9 Å². The lowest BCUT2D eigenvalue weighted by Crippen LogP contribution is -2.39. The molecule has 0 aromatic carbocycles. The van der Waals surface area contributed by atoms with Crippen molar-refractivity contribution in [1.82, 2.24) is 15.3 Å². The number of ether oxygens (including phenoxy) is 1. The third-order valence-electron chi connectivity index (χ3n) is 3.06. The van der Waals surface area contributed by atoms with E-state index in [1.807, 2.05) is 25.3 Å². The fourth-order valence-electron chi connectivity index (χ4n) is 2.14. The van der Waals surface area contributed by atoms with Crippen LogP contribution in [0.3, 0.4) is 0 Å². The highest BCUT2D eigenvalue weighted by molar-refractivity contribution is 5.51. The van der Waals surface area contributed by atoms with Gasteiger partial charge in [0.2, 0.25) is 0 Å². The quantitative estimate of drug-likeness (QED) is 0.863. The van der Waals surface area contributed by atoms with Gasteiger partial charge in [-0.15, -0.1) is 0 Å². The number of aromatic nitrogens is 2. The van der Waals surface area contributed by atoms with E-state index in [4.69, 9.17) is 9.15 Å². The predicted molar refractivity (Wildman–Crippen MR) is 67.3 cm³/mol. The summed E-state index contributed by atoms with van der Waals surface area (Å²) in [6.07, 6.45) is 2.81. The maximum Gasteiger partial charge on any atom is 0.152 e. The molecular weight excluding hydrogens is 230 g/mol. The highest BCUT2D eigenvalue weighted by Gasteiger charge is 2.16. The molecule has 1 fully saturated rings. The van der Waals surface area contributed by atoms with E-state index in [1.54, 1.807) is 0 Å². The number of nitrogens with zero attached hydrogens (tertiary/aromatic N) is 1. The van der Waals surface area contributed by atoms with E-state index in [9.17, 15) is 0 Å². The molecule has 1 atom stereocenters. The van der Waals surface area contributed by atoms with E-state index in [0.717, 1.165) is 49.2 Å². The lowest BCUT2D eigenvalue weighted by Gasteiger charge is -2.22. The largest absolute Gasteiger partial charge is 0.460 e. The Hall–Kier alpha value is -1.59. The summed E-state index contributed by atoms with van der Waals surface area (Å²) in [5, 5.41) is 3.31. The maximum atomic E-state index is 5.66. The summed E-state index contributed by atoms with van der Waals surface area (Å²) < 4.78 is 11.2. The SMILES string of the molecule is Cc1ccc(-c2cnc(CC3CNCCO3)[nH]2)o1. The molecule has 2 N–H and O–H groups in total. The number of aromatic amines is 1. The van der Waals surface area contributed by atoms with Gasteiger partial charge in [0.25, 0.3) is 0 Å². The van der Waals surface area contributed by atoms with Crippen molar-refractivity contribution >= 4 is 0 Å². The first-order chi connectivity index (χ1) is 8.81. The second-order valence-electron chi connectivity index (χ2n) is 4.55. The zero-order valence-electron chi connectivity index (χ0n) is 10.4. The van der Waals surface area contributed by atoms with Gasteiger partial charge in [-0.1, -0.05) is 0 Å². The molecule has 1 aliphatic rings. The molecule has 2 aromatic heterocycles. The van der Waals surface area contributed by atoms with Crippen LogP contribution in [0.4, 0.5) is 0 Å². The Kier molecular flexibility index (Phi) is 3.17. The highest BCUT2D eigenvalue weighted by Crippen LogP contribution is 2.20. The molecule has 3 heterocycles. The van der Waals surface area contributed by atoms with Gasteiger partial charge in [0.15, 0.2) is 5.76 Å². The molecule has 1 unspecified atom stereocenters. The van der Waals surface area contributed by atoms with Crippen molar-refractivity contribution in [2.45, 2.75) is 19.4 Å². The van der Waals surface area contributed by atoms with Gasteiger partial charge in [-0.2, -0.15) is 0 Å². The van der Waals surface area contributed by atoms with Crippen molar-refractivity contribution in [2.24, 2.45) is 0 Å². The molecule has 2 aromatic rings. The first kappa shape index (κ1) is 11.5. The third-order valence-corrected chi connectivity index (χ3v) is 3.06. The topological polar surface area (TPSA) is 63.1 Å². The van der Waals surface area contributed by atoms with E-state index in [0.29, 0.717) is 0 Å². The van der Waals surface area contributed by atoms with Crippen molar-refractivity contribution in [3.63, 3.8) is 0 Å². The fourth-order valence-corrected chi connectivity index (χ4v) is 2.14. The van der Waals surface area contributed by atoms with Crippen LogP contribution in [-0.2, 0) is 11.2 Å². The van der Waals surface area contributed by atoms with Gasteiger partial charge >= 0.3 is 0 Å². The Bertz CT molecular complexity index is 512. The van der Waals surface area contributed by atoms with Crippen LogP contribution in [0.15, 0.2) is 22.7 Å². The molecule has 0 spiro atoms. The summed E-state index contributed by atoms with van der Waals surface area (Å²) in [5.74, 6) is 2.67. The van der Waals surface area contributed by atoms with Crippen LogP contribution in [0.5, 0.6) is 0 Å². The summed E-state index contributed by atoms with van der Waals surface area (Å²) >= 11 is 0.